The van der Waals surface area contributed by atoms with Crippen LogP contribution in [0, 0.1) is 5.82 Å². The lowest BCUT2D eigenvalue weighted by molar-refractivity contribution is 0.617. The molecule has 0 aliphatic carbocycles. The first-order valence-corrected chi connectivity index (χ1v) is 8.37. The van der Waals surface area contributed by atoms with Crippen LogP contribution in [-0.2, 0) is 19.2 Å². The van der Waals surface area contributed by atoms with Crippen LogP contribution in [0.5, 0.6) is 0 Å². The van der Waals surface area contributed by atoms with Crippen molar-refractivity contribution in [3.8, 4) is 0 Å². The van der Waals surface area contributed by atoms with Crippen molar-refractivity contribution in [3.05, 3.63) is 63.9 Å². The van der Waals surface area contributed by atoms with E-state index in [0.29, 0.717) is 11.3 Å². The van der Waals surface area contributed by atoms with Gasteiger partial charge in [0, 0.05) is 24.1 Å². The maximum atomic E-state index is 13.6. The first-order chi connectivity index (χ1) is 10.2. The van der Waals surface area contributed by atoms with E-state index in [0.717, 1.165) is 17.4 Å². The zero-order chi connectivity index (χ0) is 14.7. The molecule has 21 heavy (non-hydrogen) atoms. The smallest absolute Gasteiger partial charge is 0.191 e. The topological polar surface area (TPSA) is 30.7 Å². The van der Waals surface area contributed by atoms with Crippen molar-refractivity contribution >= 4 is 23.1 Å². The van der Waals surface area contributed by atoms with E-state index in [1.165, 1.54) is 22.7 Å². The highest BCUT2D eigenvalue weighted by atomic mass is 32.2. The Hall–Kier alpha value is -1.66. The summed E-state index contributed by atoms with van der Waals surface area (Å²) in [5.74, 6) is 1.30. The average molecular weight is 319 g/mol. The number of thiophene rings is 1. The largest absolute Gasteiger partial charge is 0.309 e. The number of thioether (sulfide) groups is 1. The fourth-order valence-corrected chi connectivity index (χ4v) is 3.57. The molecule has 108 valence electrons. The van der Waals surface area contributed by atoms with Crippen LogP contribution >= 0.6 is 23.1 Å². The highest BCUT2D eigenvalue weighted by Gasteiger charge is 2.11. The molecule has 6 heteroatoms. The molecule has 0 N–H and O–H groups in total. The molecule has 0 amide bonds. The second-order valence-electron chi connectivity index (χ2n) is 4.59. The maximum absolute atomic E-state index is 13.6. The summed E-state index contributed by atoms with van der Waals surface area (Å²) in [5, 5.41) is 11.3. The van der Waals surface area contributed by atoms with Crippen LogP contribution in [0.25, 0.3) is 0 Å². The van der Waals surface area contributed by atoms with Crippen LogP contribution < -0.4 is 0 Å². The first-order valence-electron chi connectivity index (χ1n) is 6.51. The van der Waals surface area contributed by atoms with E-state index in [1.807, 2.05) is 23.7 Å². The molecule has 0 aliphatic heterocycles. The molecule has 2 aromatic heterocycles. The quantitative estimate of drug-likeness (QED) is 0.668. The average Bonchev–Trinajstić information content (AvgIpc) is 3.11. The van der Waals surface area contributed by atoms with E-state index in [9.17, 15) is 4.39 Å². The second kappa shape index (κ2) is 6.41. The molecule has 3 nitrogen and oxygen atoms in total. The Morgan fingerprint density at radius 2 is 2.05 bits per heavy atom. The van der Waals surface area contributed by atoms with Crippen molar-refractivity contribution < 1.29 is 4.39 Å². The number of hydrogen-bond acceptors (Lipinski definition) is 4. The van der Waals surface area contributed by atoms with Gasteiger partial charge in [0.05, 0.1) is 0 Å². The number of hydrogen-bond donors (Lipinski definition) is 0. The normalized spacial score (nSPS) is 11.0. The van der Waals surface area contributed by atoms with Gasteiger partial charge in [-0.3, -0.25) is 0 Å². The van der Waals surface area contributed by atoms with Gasteiger partial charge in [0.25, 0.3) is 0 Å². The molecule has 3 rings (SSSR count). The van der Waals surface area contributed by atoms with Gasteiger partial charge in [-0.1, -0.05) is 36.0 Å². The second-order valence-corrected chi connectivity index (χ2v) is 6.57. The molecule has 0 radical (unpaired) electrons. The molecule has 0 saturated carbocycles. The molecule has 3 aromatic rings. The summed E-state index contributed by atoms with van der Waals surface area (Å²) >= 11 is 3.21. The lowest BCUT2D eigenvalue weighted by Gasteiger charge is -2.04. The number of benzene rings is 1. The van der Waals surface area contributed by atoms with Crippen LogP contribution in [-0.4, -0.2) is 14.8 Å². The highest BCUT2D eigenvalue weighted by Crippen LogP contribution is 2.23. The molecule has 2 heterocycles. The third-order valence-corrected chi connectivity index (χ3v) is 5.10. The highest BCUT2D eigenvalue weighted by molar-refractivity contribution is 7.98. The lowest BCUT2D eigenvalue weighted by Crippen LogP contribution is -1.99. The van der Waals surface area contributed by atoms with Crippen molar-refractivity contribution in [2.24, 2.45) is 7.05 Å². The summed E-state index contributed by atoms with van der Waals surface area (Å²) in [6.07, 6.45) is 0.779. The summed E-state index contributed by atoms with van der Waals surface area (Å²) < 4.78 is 15.6. The van der Waals surface area contributed by atoms with Gasteiger partial charge < -0.3 is 4.57 Å². The number of aromatic nitrogens is 3. The third kappa shape index (κ3) is 3.33. The molecule has 0 atom stereocenters. The third-order valence-electron chi connectivity index (χ3n) is 3.15. The monoisotopic (exact) mass is 319 g/mol. The minimum atomic E-state index is -0.175. The maximum Gasteiger partial charge on any atom is 0.191 e. The predicted molar refractivity (Wildman–Crippen MR) is 84.1 cm³/mol. The van der Waals surface area contributed by atoms with Crippen molar-refractivity contribution in [2.45, 2.75) is 17.3 Å². The molecule has 0 unspecified atom stereocenters. The number of nitrogens with zero attached hydrogens (tertiary/aromatic N) is 3. The van der Waals surface area contributed by atoms with E-state index >= 15 is 0 Å². The van der Waals surface area contributed by atoms with Gasteiger partial charge in [-0.2, -0.15) is 0 Å². The van der Waals surface area contributed by atoms with Crippen molar-refractivity contribution in [2.75, 3.05) is 0 Å². The lowest BCUT2D eigenvalue weighted by atomic mass is 10.2. The minimum absolute atomic E-state index is 0.175. The van der Waals surface area contributed by atoms with Gasteiger partial charge in [0.1, 0.15) is 11.6 Å². The molecular weight excluding hydrogens is 305 g/mol. The Bertz CT molecular complexity index is 722. The van der Waals surface area contributed by atoms with Crippen LogP contribution in [0.4, 0.5) is 4.39 Å². The Labute approximate surface area is 130 Å². The van der Waals surface area contributed by atoms with E-state index in [-0.39, 0.29) is 5.82 Å². The van der Waals surface area contributed by atoms with Gasteiger partial charge in [-0.25, -0.2) is 4.39 Å². The Kier molecular flexibility index (Phi) is 4.36. The molecular formula is C15H14FN3S2. The van der Waals surface area contributed by atoms with Crippen LogP contribution in [0.1, 0.15) is 16.3 Å². The molecule has 1 aromatic carbocycles. The summed E-state index contributed by atoms with van der Waals surface area (Å²) in [5.41, 5.74) is 0.685. The minimum Gasteiger partial charge on any atom is -0.309 e. The van der Waals surface area contributed by atoms with Gasteiger partial charge in [0.15, 0.2) is 5.16 Å². The number of halogens is 1. The Morgan fingerprint density at radius 1 is 1.19 bits per heavy atom. The van der Waals surface area contributed by atoms with Gasteiger partial charge in [0.2, 0.25) is 0 Å². The van der Waals surface area contributed by atoms with E-state index in [4.69, 9.17) is 0 Å². The van der Waals surface area contributed by atoms with Crippen LogP contribution in [0.2, 0.25) is 0 Å². The van der Waals surface area contributed by atoms with E-state index in [2.05, 4.69) is 21.6 Å². The molecule has 0 saturated heterocycles. The summed E-state index contributed by atoms with van der Waals surface area (Å²) in [7, 11) is 1.95. The van der Waals surface area contributed by atoms with Crippen molar-refractivity contribution in [1.82, 2.24) is 14.8 Å². The van der Waals surface area contributed by atoms with Crippen LogP contribution in [0.3, 0.4) is 0 Å². The molecule has 0 aliphatic rings. The van der Waals surface area contributed by atoms with Gasteiger partial charge in [-0.05, 0) is 23.1 Å². The Balaban J connectivity index is 1.69. The zero-order valence-electron chi connectivity index (χ0n) is 11.5. The fraction of sp³-hybridized carbons (Fsp3) is 0.200. The molecule has 0 spiro atoms. The van der Waals surface area contributed by atoms with Gasteiger partial charge >= 0.3 is 0 Å². The predicted octanol–water partition coefficient (Wildman–Crippen LogP) is 3.90. The summed E-state index contributed by atoms with van der Waals surface area (Å²) in [6.45, 7) is 0. The molecule has 0 bridgehead atoms. The van der Waals surface area contributed by atoms with Crippen molar-refractivity contribution in [1.29, 1.82) is 0 Å². The zero-order valence-corrected chi connectivity index (χ0v) is 13.1. The first kappa shape index (κ1) is 14.3. The summed E-state index contributed by atoms with van der Waals surface area (Å²) in [4.78, 5) is 1.26. The van der Waals surface area contributed by atoms with E-state index < -0.39 is 0 Å². The van der Waals surface area contributed by atoms with Crippen molar-refractivity contribution in [3.63, 3.8) is 0 Å². The number of rotatable bonds is 5. The Morgan fingerprint density at radius 3 is 2.81 bits per heavy atom. The summed E-state index contributed by atoms with van der Waals surface area (Å²) in [6, 6.07) is 10.9. The standard InChI is InChI=1S/C15H14FN3S2/c1-19-14(9-12-6-4-8-20-12)17-18-15(19)21-10-11-5-2-3-7-13(11)16/h2-8H,9-10H2,1H3. The fourth-order valence-electron chi connectivity index (χ4n) is 1.95. The van der Waals surface area contributed by atoms with Gasteiger partial charge in [-0.15, -0.1) is 21.5 Å². The van der Waals surface area contributed by atoms with Crippen LogP contribution in [0.15, 0.2) is 46.9 Å². The van der Waals surface area contributed by atoms with E-state index in [1.54, 1.807) is 23.5 Å². The molecule has 0 fully saturated rings. The SMILES string of the molecule is Cn1c(Cc2cccs2)nnc1SCc1ccccc1F.